The minimum absolute atomic E-state index is 0.0113. The van der Waals surface area contributed by atoms with E-state index in [-0.39, 0.29) is 10.8 Å². The maximum absolute atomic E-state index is 11.8. The number of H-pyrrole nitrogens is 1. The Balaban J connectivity index is 2.36. The third-order valence-corrected chi connectivity index (χ3v) is 5.28. The first-order valence-electron chi connectivity index (χ1n) is 7.88. The first-order chi connectivity index (χ1) is 11.6. The second kappa shape index (κ2) is 7.35. The van der Waals surface area contributed by atoms with Gasteiger partial charge < -0.3 is 14.0 Å². The summed E-state index contributed by atoms with van der Waals surface area (Å²) in [6, 6.07) is 0. The molecule has 0 spiro atoms. The Bertz CT molecular complexity index is 682. The number of carbonyl (C=O) groups is 2. The predicted molar refractivity (Wildman–Crippen MR) is 97.1 cm³/mol. The number of hydrogen-bond donors (Lipinski definition) is 1. The summed E-state index contributed by atoms with van der Waals surface area (Å²) in [5.41, 5.74) is 0.536. The first-order valence-corrected chi connectivity index (χ1v) is 8.87. The van der Waals surface area contributed by atoms with Crippen LogP contribution in [0.15, 0.2) is 11.7 Å². The second-order valence-electron chi connectivity index (χ2n) is 6.78. The van der Waals surface area contributed by atoms with Crippen LogP contribution in [0.4, 0.5) is 0 Å². The molecule has 0 aliphatic carbocycles. The van der Waals surface area contributed by atoms with Gasteiger partial charge in [-0.25, -0.2) is 4.79 Å². The van der Waals surface area contributed by atoms with Gasteiger partial charge in [-0.3, -0.25) is 9.89 Å². The molecule has 7 nitrogen and oxygen atoms in total. The molecule has 0 unspecified atom stereocenters. The number of nitrogens with zero attached hydrogens (tertiary/aromatic N) is 1. The molecule has 25 heavy (non-hydrogen) atoms. The molecule has 0 atom stereocenters. The highest BCUT2D eigenvalue weighted by molar-refractivity contribution is 8.13. The normalized spacial score (nSPS) is 19.1. The minimum atomic E-state index is -0.614. The lowest BCUT2D eigenvalue weighted by Gasteiger charge is -2.32. The van der Waals surface area contributed by atoms with Crippen LogP contribution in [0.1, 0.15) is 50.7 Å². The summed E-state index contributed by atoms with van der Waals surface area (Å²) in [5, 5.41) is 6.51. The largest absolute Gasteiger partial charge is 0.491 e. The number of esters is 1. The Morgan fingerprint density at radius 3 is 2.44 bits per heavy atom. The summed E-state index contributed by atoms with van der Waals surface area (Å²) < 4.78 is 16.9. The van der Waals surface area contributed by atoms with Gasteiger partial charge in [-0.15, -0.1) is 0 Å². The van der Waals surface area contributed by atoms with Crippen LogP contribution >= 0.6 is 11.8 Å². The van der Waals surface area contributed by atoms with Crippen LogP contribution in [0.5, 0.6) is 0 Å². The molecule has 2 heterocycles. The third-order valence-electron chi connectivity index (χ3n) is 4.40. The van der Waals surface area contributed by atoms with Crippen LogP contribution in [-0.2, 0) is 18.8 Å². The highest BCUT2D eigenvalue weighted by atomic mass is 32.2. The van der Waals surface area contributed by atoms with Crippen LogP contribution in [0.3, 0.4) is 0 Å². The molecule has 0 bridgehead atoms. The van der Waals surface area contributed by atoms with Crippen molar-refractivity contribution in [2.45, 2.75) is 45.8 Å². The standard InChI is InChI=1S/C16H23BN2O5S/c1-10(20)25-9-12(17-23-15(2,3)16(4,5)24-17)7-11-8-18-19-13(11)14(21)22-6/h7-8H,9H2,1-6H3,(H,18,19). The van der Waals surface area contributed by atoms with Gasteiger partial charge in [0.25, 0.3) is 0 Å². The summed E-state index contributed by atoms with van der Waals surface area (Å²) in [4.78, 5) is 23.2. The molecule has 0 aromatic carbocycles. The molecule has 1 fully saturated rings. The molecular weight excluding hydrogens is 343 g/mol. The van der Waals surface area contributed by atoms with Gasteiger partial charge in [0.05, 0.1) is 24.5 Å². The molecule has 136 valence electrons. The molecule has 0 radical (unpaired) electrons. The number of hydrogen-bond acceptors (Lipinski definition) is 7. The first kappa shape index (κ1) is 19.7. The van der Waals surface area contributed by atoms with Gasteiger partial charge in [0.2, 0.25) is 0 Å². The quantitative estimate of drug-likeness (QED) is 0.632. The minimum Gasteiger partial charge on any atom is -0.464 e. The molecule has 1 aliphatic rings. The Morgan fingerprint density at radius 2 is 1.92 bits per heavy atom. The van der Waals surface area contributed by atoms with Crippen molar-refractivity contribution in [2.24, 2.45) is 0 Å². The van der Waals surface area contributed by atoms with Gasteiger partial charge in [0.1, 0.15) is 0 Å². The van der Waals surface area contributed by atoms with Crippen molar-refractivity contribution in [1.29, 1.82) is 0 Å². The molecule has 1 aliphatic heterocycles. The van der Waals surface area contributed by atoms with Crippen LogP contribution in [0.2, 0.25) is 0 Å². The fourth-order valence-electron chi connectivity index (χ4n) is 2.23. The molecular formula is C16H23BN2O5S. The average Bonchev–Trinajstić information content (AvgIpc) is 3.04. The Labute approximate surface area is 152 Å². The highest BCUT2D eigenvalue weighted by Gasteiger charge is 2.52. The van der Waals surface area contributed by atoms with E-state index >= 15 is 0 Å². The maximum Gasteiger partial charge on any atom is 0.491 e. The monoisotopic (exact) mass is 366 g/mol. The molecule has 1 aromatic heterocycles. The number of thioether (sulfide) groups is 1. The number of aromatic amines is 1. The SMILES string of the molecule is COC(=O)c1[nH]ncc1C=C(CSC(C)=O)B1OC(C)(C)C(C)(C)O1. The smallest absolute Gasteiger partial charge is 0.464 e. The zero-order valence-corrected chi connectivity index (χ0v) is 16.2. The van der Waals surface area contributed by atoms with Crippen molar-refractivity contribution in [2.75, 3.05) is 12.9 Å². The van der Waals surface area contributed by atoms with Crippen LogP contribution in [0.25, 0.3) is 6.08 Å². The van der Waals surface area contributed by atoms with Crippen molar-refractivity contribution < 1.29 is 23.6 Å². The summed E-state index contributed by atoms with van der Waals surface area (Å²) in [6.07, 6.45) is 3.28. The molecule has 1 saturated heterocycles. The van der Waals surface area contributed by atoms with Gasteiger partial charge in [0, 0.05) is 18.2 Å². The number of carbonyl (C=O) groups excluding carboxylic acids is 2. The number of nitrogens with one attached hydrogen (secondary N) is 1. The number of methoxy groups -OCH3 is 1. The van der Waals surface area contributed by atoms with Gasteiger partial charge in [-0.2, -0.15) is 5.10 Å². The van der Waals surface area contributed by atoms with E-state index in [0.29, 0.717) is 11.3 Å². The van der Waals surface area contributed by atoms with E-state index in [4.69, 9.17) is 14.0 Å². The van der Waals surface area contributed by atoms with Crippen LogP contribution in [-0.4, -0.2) is 52.5 Å². The molecule has 0 saturated carbocycles. The van der Waals surface area contributed by atoms with E-state index in [1.54, 1.807) is 6.08 Å². The highest BCUT2D eigenvalue weighted by Crippen LogP contribution is 2.39. The fraction of sp³-hybridized carbons (Fsp3) is 0.562. The van der Waals surface area contributed by atoms with Gasteiger partial charge in [-0.1, -0.05) is 17.8 Å². The number of rotatable bonds is 5. The van der Waals surface area contributed by atoms with Crippen LogP contribution < -0.4 is 0 Å². The molecule has 2 rings (SSSR count). The number of ether oxygens (including phenoxy) is 1. The zero-order chi connectivity index (χ0) is 18.8. The van der Waals surface area contributed by atoms with Gasteiger partial charge in [-0.05, 0) is 33.2 Å². The van der Waals surface area contributed by atoms with E-state index < -0.39 is 24.3 Å². The van der Waals surface area contributed by atoms with Gasteiger partial charge >= 0.3 is 13.1 Å². The van der Waals surface area contributed by atoms with Crippen molar-refractivity contribution >= 4 is 36.0 Å². The number of aromatic nitrogens is 2. The summed E-state index contributed by atoms with van der Waals surface area (Å²) >= 11 is 1.15. The topological polar surface area (TPSA) is 90.5 Å². The maximum atomic E-state index is 11.8. The van der Waals surface area contributed by atoms with E-state index in [9.17, 15) is 9.59 Å². The van der Waals surface area contributed by atoms with Gasteiger partial charge in [0.15, 0.2) is 10.8 Å². The van der Waals surface area contributed by atoms with E-state index in [1.807, 2.05) is 27.7 Å². The second-order valence-corrected chi connectivity index (χ2v) is 7.93. The average molecular weight is 366 g/mol. The predicted octanol–water partition coefficient (Wildman–Crippen LogP) is 2.49. The Kier molecular flexibility index (Phi) is 5.80. The molecule has 1 N–H and O–H groups in total. The Hall–Kier alpha value is -1.58. The van der Waals surface area contributed by atoms with Crippen molar-refractivity contribution in [3.05, 3.63) is 22.9 Å². The molecule has 9 heteroatoms. The lowest BCUT2D eigenvalue weighted by Crippen LogP contribution is -2.41. The van der Waals surface area contributed by atoms with E-state index in [2.05, 4.69) is 10.2 Å². The molecule has 0 amide bonds. The third kappa shape index (κ3) is 4.34. The fourth-order valence-corrected chi connectivity index (χ4v) is 2.82. The van der Waals surface area contributed by atoms with E-state index in [0.717, 1.165) is 17.2 Å². The van der Waals surface area contributed by atoms with Crippen molar-refractivity contribution in [3.63, 3.8) is 0 Å². The lowest BCUT2D eigenvalue weighted by molar-refractivity contribution is -0.109. The van der Waals surface area contributed by atoms with Crippen molar-refractivity contribution in [3.8, 4) is 0 Å². The Morgan fingerprint density at radius 1 is 1.32 bits per heavy atom. The van der Waals surface area contributed by atoms with E-state index in [1.165, 1.54) is 20.2 Å². The van der Waals surface area contributed by atoms with Crippen molar-refractivity contribution in [1.82, 2.24) is 10.2 Å². The molecule has 1 aromatic rings. The summed E-state index contributed by atoms with van der Waals surface area (Å²) in [5.74, 6) is -0.131. The summed E-state index contributed by atoms with van der Waals surface area (Å²) in [7, 11) is 0.689. The summed E-state index contributed by atoms with van der Waals surface area (Å²) in [6.45, 7) is 9.34. The van der Waals surface area contributed by atoms with Crippen LogP contribution in [0, 0.1) is 0 Å². The zero-order valence-electron chi connectivity index (χ0n) is 15.3. The lowest BCUT2D eigenvalue weighted by atomic mass is 9.78.